The van der Waals surface area contributed by atoms with E-state index in [1.165, 1.54) is 4.90 Å². The van der Waals surface area contributed by atoms with Crippen LogP contribution in [0.5, 0.6) is 0 Å². The number of piperidine rings is 1. The third-order valence-corrected chi connectivity index (χ3v) is 2.99. The summed E-state index contributed by atoms with van der Waals surface area (Å²) in [6.45, 7) is 7.74. The lowest BCUT2D eigenvalue weighted by Gasteiger charge is -2.38. The largest absolute Gasteiger partial charge is 0.473 e. The maximum atomic E-state index is 11.9. The molecule has 1 heterocycles. The Hall–Kier alpha value is -1.79. The summed E-state index contributed by atoms with van der Waals surface area (Å²) in [5.41, 5.74) is -1.42. The lowest BCUT2D eigenvalue weighted by atomic mass is 9.93. The first-order valence-corrected chi connectivity index (χ1v) is 6.47. The minimum atomic E-state index is -1.61. The van der Waals surface area contributed by atoms with Gasteiger partial charge in [0.25, 0.3) is 0 Å². The van der Waals surface area contributed by atoms with Gasteiger partial charge >= 0.3 is 18.0 Å². The molecule has 0 saturated carbocycles. The van der Waals surface area contributed by atoms with Gasteiger partial charge in [-0.2, -0.15) is 0 Å². The van der Waals surface area contributed by atoms with Crippen LogP contribution in [0.3, 0.4) is 0 Å². The SMILES string of the molecule is CC(C)(C)OC(=O)N1CCC(C)(OC(=O)C(=O)O)CC1. The monoisotopic (exact) mass is 287 g/mol. The molecule has 1 fully saturated rings. The molecule has 1 aliphatic rings. The van der Waals surface area contributed by atoms with Crippen LogP contribution in [0.4, 0.5) is 4.79 Å². The van der Waals surface area contributed by atoms with E-state index in [0.717, 1.165) is 0 Å². The third-order valence-electron chi connectivity index (χ3n) is 2.99. The van der Waals surface area contributed by atoms with E-state index in [1.54, 1.807) is 27.7 Å². The summed E-state index contributed by atoms with van der Waals surface area (Å²) in [4.78, 5) is 35.0. The molecule has 0 spiro atoms. The predicted octanol–water partition coefficient (Wildman–Crippen LogP) is 1.40. The molecule has 1 amide bonds. The Balaban J connectivity index is 2.52. The standard InChI is InChI=1S/C13H21NO6/c1-12(2,3)20-11(18)14-7-5-13(4,6-8-14)19-10(17)9(15)16/h5-8H2,1-4H3,(H,15,16). The molecule has 1 saturated heterocycles. The van der Waals surface area contributed by atoms with Crippen LogP contribution < -0.4 is 0 Å². The van der Waals surface area contributed by atoms with Crippen LogP contribution >= 0.6 is 0 Å². The second kappa shape index (κ2) is 5.68. The summed E-state index contributed by atoms with van der Waals surface area (Å²) in [5, 5.41) is 8.54. The van der Waals surface area contributed by atoms with Crippen molar-refractivity contribution in [3.63, 3.8) is 0 Å². The molecule has 7 nitrogen and oxygen atoms in total. The van der Waals surface area contributed by atoms with E-state index in [1.807, 2.05) is 0 Å². The number of likely N-dealkylation sites (tertiary alicyclic amines) is 1. The molecule has 0 aromatic carbocycles. The molecule has 1 N–H and O–H groups in total. The fraction of sp³-hybridized carbons (Fsp3) is 0.769. The lowest BCUT2D eigenvalue weighted by Crippen LogP contribution is -2.49. The molecule has 0 radical (unpaired) electrons. The first kappa shape index (κ1) is 16.3. The Morgan fingerprint density at radius 3 is 2.05 bits per heavy atom. The van der Waals surface area contributed by atoms with Crippen molar-refractivity contribution in [2.45, 2.75) is 51.7 Å². The molecule has 1 aliphatic heterocycles. The number of esters is 1. The van der Waals surface area contributed by atoms with Gasteiger partial charge in [0.15, 0.2) is 0 Å². The molecule has 0 aliphatic carbocycles. The third kappa shape index (κ3) is 4.71. The van der Waals surface area contributed by atoms with Crippen molar-refractivity contribution in [3.05, 3.63) is 0 Å². The number of ether oxygens (including phenoxy) is 2. The summed E-state index contributed by atoms with van der Waals surface area (Å²) in [6.07, 6.45) is 0.348. The highest BCUT2D eigenvalue weighted by molar-refractivity contribution is 6.28. The van der Waals surface area contributed by atoms with Crippen LogP contribution in [-0.2, 0) is 19.1 Å². The molecule has 114 valence electrons. The van der Waals surface area contributed by atoms with Gasteiger partial charge in [-0.3, -0.25) is 0 Å². The highest BCUT2D eigenvalue weighted by Gasteiger charge is 2.37. The number of hydrogen-bond donors (Lipinski definition) is 1. The van der Waals surface area contributed by atoms with Crippen molar-refractivity contribution in [1.29, 1.82) is 0 Å². The Labute approximate surface area is 117 Å². The molecule has 1 rings (SSSR count). The zero-order valence-electron chi connectivity index (χ0n) is 12.3. The molecule has 0 atom stereocenters. The lowest BCUT2D eigenvalue weighted by molar-refractivity contribution is -0.176. The van der Waals surface area contributed by atoms with Gasteiger partial charge < -0.3 is 19.5 Å². The average molecular weight is 287 g/mol. The van der Waals surface area contributed by atoms with Gasteiger partial charge in [-0.05, 0) is 27.7 Å². The van der Waals surface area contributed by atoms with E-state index < -0.39 is 29.2 Å². The van der Waals surface area contributed by atoms with Crippen LogP contribution in [0, 0.1) is 0 Å². The summed E-state index contributed by atoms with van der Waals surface area (Å²) in [7, 11) is 0. The normalized spacial score (nSPS) is 18.3. The molecule has 0 unspecified atom stereocenters. The van der Waals surface area contributed by atoms with Crippen molar-refractivity contribution in [2.75, 3.05) is 13.1 Å². The fourth-order valence-corrected chi connectivity index (χ4v) is 1.86. The van der Waals surface area contributed by atoms with Crippen LogP contribution in [0.15, 0.2) is 0 Å². The number of nitrogens with zero attached hydrogens (tertiary/aromatic N) is 1. The molecule has 0 bridgehead atoms. The number of carboxylic acids is 1. The molecular formula is C13H21NO6. The summed E-state index contributed by atoms with van der Waals surface area (Å²) in [5.74, 6) is -2.88. The van der Waals surface area contributed by atoms with Gasteiger partial charge in [0.2, 0.25) is 0 Å². The maximum Gasteiger partial charge on any atom is 0.417 e. The van der Waals surface area contributed by atoms with E-state index in [0.29, 0.717) is 25.9 Å². The van der Waals surface area contributed by atoms with Gasteiger partial charge in [-0.25, -0.2) is 14.4 Å². The van der Waals surface area contributed by atoms with Crippen molar-refractivity contribution in [1.82, 2.24) is 4.90 Å². The van der Waals surface area contributed by atoms with Gasteiger partial charge in [0.05, 0.1) is 0 Å². The average Bonchev–Trinajstić information content (AvgIpc) is 2.26. The minimum absolute atomic E-state index is 0.359. The second-order valence-corrected chi connectivity index (χ2v) is 6.11. The summed E-state index contributed by atoms with van der Waals surface area (Å²) < 4.78 is 10.2. The zero-order chi connectivity index (χ0) is 15.6. The quantitative estimate of drug-likeness (QED) is 0.579. The maximum absolute atomic E-state index is 11.9. The Morgan fingerprint density at radius 2 is 1.65 bits per heavy atom. The predicted molar refractivity (Wildman–Crippen MR) is 69.2 cm³/mol. The number of carbonyl (C=O) groups excluding carboxylic acids is 2. The molecule has 20 heavy (non-hydrogen) atoms. The van der Waals surface area contributed by atoms with Crippen molar-refractivity contribution >= 4 is 18.0 Å². The van der Waals surface area contributed by atoms with Crippen LogP contribution in [0.2, 0.25) is 0 Å². The van der Waals surface area contributed by atoms with Crippen LogP contribution in [-0.4, -0.2) is 52.3 Å². The highest BCUT2D eigenvalue weighted by atomic mass is 16.6. The van der Waals surface area contributed by atoms with Gasteiger partial charge in [-0.15, -0.1) is 0 Å². The number of amides is 1. The van der Waals surface area contributed by atoms with E-state index >= 15 is 0 Å². The molecule has 7 heteroatoms. The Morgan fingerprint density at radius 1 is 1.15 bits per heavy atom. The van der Waals surface area contributed by atoms with Crippen LogP contribution in [0.25, 0.3) is 0 Å². The zero-order valence-corrected chi connectivity index (χ0v) is 12.3. The first-order chi connectivity index (χ1) is 9.02. The van der Waals surface area contributed by atoms with Gasteiger partial charge in [0.1, 0.15) is 11.2 Å². The number of carbonyl (C=O) groups is 3. The highest BCUT2D eigenvalue weighted by Crippen LogP contribution is 2.27. The molecule has 0 aromatic rings. The fourth-order valence-electron chi connectivity index (χ4n) is 1.86. The minimum Gasteiger partial charge on any atom is -0.473 e. The van der Waals surface area contributed by atoms with E-state index in [4.69, 9.17) is 14.6 Å². The van der Waals surface area contributed by atoms with Crippen molar-refractivity contribution < 1.29 is 29.0 Å². The topological polar surface area (TPSA) is 93.1 Å². The van der Waals surface area contributed by atoms with E-state index in [9.17, 15) is 14.4 Å². The van der Waals surface area contributed by atoms with Gasteiger partial charge in [0, 0.05) is 25.9 Å². The smallest absolute Gasteiger partial charge is 0.417 e. The van der Waals surface area contributed by atoms with Crippen LogP contribution in [0.1, 0.15) is 40.5 Å². The number of rotatable bonds is 1. The van der Waals surface area contributed by atoms with Crippen molar-refractivity contribution in [3.8, 4) is 0 Å². The van der Waals surface area contributed by atoms with Crippen molar-refractivity contribution in [2.24, 2.45) is 0 Å². The summed E-state index contributed by atoms with van der Waals surface area (Å²) in [6, 6.07) is 0. The second-order valence-electron chi connectivity index (χ2n) is 6.11. The van der Waals surface area contributed by atoms with E-state index in [2.05, 4.69) is 0 Å². The Kier molecular flexibility index (Phi) is 4.62. The first-order valence-electron chi connectivity index (χ1n) is 6.47. The number of hydrogen-bond acceptors (Lipinski definition) is 5. The molecule has 0 aromatic heterocycles. The molecular weight excluding hydrogens is 266 g/mol. The van der Waals surface area contributed by atoms with E-state index in [-0.39, 0.29) is 0 Å². The number of carboxylic acid groups (broad SMARTS) is 1. The summed E-state index contributed by atoms with van der Waals surface area (Å²) >= 11 is 0. The number of aliphatic carboxylic acids is 1. The Bertz CT molecular complexity index is 404. The van der Waals surface area contributed by atoms with Gasteiger partial charge in [-0.1, -0.05) is 0 Å².